The lowest BCUT2D eigenvalue weighted by Gasteiger charge is -2.16. The predicted octanol–water partition coefficient (Wildman–Crippen LogP) is 2.51. The highest BCUT2D eigenvalue weighted by molar-refractivity contribution is 7.92. The van der Waals surface area contributed by atoms with Gasteiger partial charge in [0.1, 0.15) is 12.4 Å². The van der Waals surface area contributed by atoms with Gasteiger partial charge in [-0.15, -0.1) is 0 Å². The third-order valence-corrected chi connectivity index (χ3v) is 5.33. The van der Waals surface area contributed by atoms with E-state index in [2.05, 4.69) is 5.32 Å². The Morgan fingerprint density at radius 1 is 1.08 bits per heavy atom. The molecule has 2 aromatic rings. The van der Waals surface area contributed by atoms with Gasteiger partial charge in [0.2, 0.25) is 10.0 Å². The molecule has 0 aliphatic rings. The van der Waals surface area contributed by atoms with Crippen LogP contribution in [0.4, 0.5) is 5.69 Å². The van der Waals surface area contributed by atoms with E-state index in [1.807, 2.05) is 32.0 Å². The van der Waals surface area contributed by atoms with Gasteiger partial charge in [-0.25, -0.2) is 8.42 Å². The summed E-state index contributed by atoms with van der Waals surface area (Å²) in [5, 5.41) is 2.78. The molecule has 2 rings (SSSR count). The summed E-state index contributed by atoms with van der Waals surface area (Å²) in [7, 11) is -1.86. The summed E-state index contributed by atoms with van der Waals surface area (Å²) in [6.45, 7) is 4.80. The number of ether oxygens (including phenoxy) is 1. The van der Waals surface area contributed by atoms with Crippen LogP contribution in [0.3, 0.4) is 0 Å². The Morgan fingerprint density at radius 3 is 2.31 bits per heavy atom. The van der Waals surface area contributed by atoms with E-state index in [1.54, 1.807) is 24.3 Å². The normalized spacial score (nSPS) is 11.1. The minimum atomic E-state index is -3.32. The number of carbonyl (C=O) groups excluding carboxylic acids is 1. The first kappa shape index (κ1) is 19.8. The summed E-state index contributed by atoms with van der Waals surface area (Å²) in [4.78, 5) is 12.1. The summed E-state index contributed by atoms with van der Waals surface area (Å²) >= 11 is 0. The number of carbonyl (C=O) groups is 1. The van der Waals surface area contributed by atoms with Crippen molar-refractivity contribution in [1.82, 2.24) is 5.32 Å². The molecule has 0 spiro atoms. The van der Waals surface area contributed by atoms with E-state index in [4.69, 9.17) is 4.74 Å². The van der Waals surface area contributed by atoms with Crippen LogP contribution in [0.15, 0.2) is 42.5 Å². The molecule has 0 saturated heterocycles. The summed E-state index contributed by atoms with van der Waals surface area (Å²) < 4.78 is 29.8. The Labute approximate surface area is 154 Å². The van der Waals surface area contributed by atoms with Crippen molar-refractivity contribution < 1.29 is 17.9 Å². The maximum Gasteiger partial charge on any atom is 0.251 e. The van der Waals surface area contributed by atoms with Gasteiger partial charge < -0.3 is 10.1 Å². The summed E-state index contributed by atoms with van der Waals surface area (Å²) in [6.07, 6.45) is 1.13. The topological polar surface area (TPSA) is 75.7 Å². The SMILES string of the molecule is Cc1ccc(OCCNC(=O)c2ccc(N(C)S(C)(=O)=O)cc2)cc1C. The highest BCUT2D eigenvalue weighted by Crippen LogP contribution is 2.17. The number of anilines is 1. The van der Waals surface area contributed by atoms with Gasteiger partial charge in [-0.3, -0.25) is 9.10 Å². The largest absolute Gasteiger partial charge is 0.492 e. The molecule has 140 valence electrons. The summed E-state index contributed by atoms with van der Waals surface area (Å²) in [5.41, 5.74) is 3.32. The van der Waals surface area contributed by atoms with Crippen LogP contribution in [0.25, 0.3) is 0 Å². The Morgan fingerprint density at radius 2 is 1.73 bits per heavy atom. The van der Waals surface area contributed by atoms with Crippen molar-refractivity contribution in [1.29, 1.82) is 0 Å². The van der Waals surface area contributed by atoms with Gasteiger partial charge in [-0.05, 0) is 61.4 Å². The second-order valence-electron chi connectivity index (χ2n) is 6.13. The molecule has 0 fully saturated rings. The number of hydrogen-bond acceptors (Lipinski definition) is 4. The fourth-order valence-corrected chi connectivity index (χ4v) is 2.76. The standard InChI is InChI=1S/C19H24N2O4S/c1-14-5-10-18(13-15(14)2)25-12-11-20-19(22)16-6-8-17(9-7-16)21(3)26(4,23)24/h5-10,13H,11-12H2,1-4H3,(H,20,22). The minimum Gasteiger partial charge on any atom is -0.492 e. The average molecular weight is 376 g/mol. The van der Waals surface area contributed by atoms with E-state index < -0.39 is 10.0 Å². The molecule has 0 saturated carbocycles. The molecule has 1 amide bonds. The Balaban J connectivity index is 1.85. The molecule has 26 heavy (non-hydrogen) atoms. The van der Waals surface area contributed by atoms with Crippen LogP contribution in [0, 0.1) is 13.8 Å². The van der Waals surface area contributed by atoms with Gasteiger partial charge in [0.25, 0.3) is 5.91 Å². The molecule has 0 aromatic heterocycles. The molecule has 0 heterocycles. The molecule has 0 atom stereocenters. The number of rotatable bonds is 7. The Bertz CT molecular complexity index is 877. The third kappa shape index (κ3) is 5.23. The van der Waals surface area contributed by atoms with Crippen LogP contribution in [0.2, 0.25) is 0 Å². The van der Waals surface area contributed by atoms with Gasteiger partial charge in [-0.2, -0.15) is 0 Å². The first-order chi connectivity index (χ1) is 12.2. The first-order valence-corrected chi connectivity index (χ1v) is 10.1. The van der Waals surface area contributed by atoms with Crippen LogP contribution in [0.1, 0.15) is 21.5 Å². The average Bonchev–Trinajstić information content (AvgIpc) is 2.60. The molecule has 0 radical (unpaired) electrons. The van der Waals surface area contributed by atoms with Gasteiger partial charge in [0, 0.05) is 12.6 Å². The van der Waals surface area contributed by atoms with Crippen LogP contribution < -0.4 is 14.4 Å². The Kier molecular flexibility index (Phi) is 6.26. The zero-order valence-corrected chi connectivity index (χ0v) is 16.3. The van der Waals surface area contributed by atoms with Crippen LogP contribution in [-0.4, -0.2) is 40.8 Å². The van der Waals surface area contributed by atoms with E-state index >= 15 is 0 Å². The Hall–Kier alpha value is -2.54. The first-order valence-electron chi connectivity index (χ1n) is 8.20. The molecule has 1 N–H and O–H groups in total. The van der Waals surface area contributed by atoms with Crippen LogP contribution in [0.5, 0.6) is 5.75 Å². The number of benzene rings is 2. The highest BCUT2D eigenvalue weighted by Gasteiger charge is 2.12. The lowest BCUT2D eigenvalue weighted by molar-refractivity contribution is 0.0947. The molecule has 7 heteroatoms. The number of aryl methyl sites for hydroxylation is 2. The van der Waals surface area contributed by atoms with E-state index in [0.717, 1.165) is 21.9 Å². The van der Waals surface area contributed by atoms with Crippen molar-refractivity contribution in [3.05, 3.63) is 59.2 Å². The predicted molar refractivity (Wildman–Crippen MR) is 103 cm³/mol. The fourth-order valence-electron chi connectivity index (χ4n) is 2.25. The van der Waals surface area contributed by atoms with Gasteiger partial charge in [0.15, 0.2) is 0 Å². The fraction of sp³-hybridized carbons (Fsp3) is 0.316. The maximum atomic E-state index is 12.1. The van der Waals surface area contributed by atoms with Gasteiger partial charge in [-0.1, -0.05) is 6.07 Å². The monoisotopic (exact) mass is 376 g/mol. The molecular weight excluding hydrogens is 352 g/mol. The zero-order chi connectivity index (χ0) is 19.3. The molecule has 0 aliphatic carbocycles. The van der Waals surface area contributed by atoms with Gasteiger partial charge in [0.05, 0.1) is 18.5 Å². The van der Waals surface area contributed by atoms with E-state index in [1.165, 1.54) is 12.6 Å². The quantitative estimate of drug-likeness (QED) is 0.754. The van der Waals surface area contributed by atoms with Crippen LogP contribution >= 0.6 is 0 Å². The maximum absolute atomic E-state index is 12.1. The van der Waals surface area contributed by atoms with Crippen molar-refractivity contribution in [2.24, 2.45) is 0 Å². The number of hydrogen-bond donors (Lipinski definition) is 1. The van der Waals surface area contributed by atoms with E-state index in [9.17, 15) is 13.2 Å². The van der Waals surface area contributed by atoms with Crippen molar-refractivity contribution in [2.75, 3.05) is 30.8 Å². The molecule has 0 aliphatic heterocycles. The van der Waals surface area contributed by atoms with Crippen molar-refractivity contribution >= 4 is 21.6 Å². The van der Waals surface area contributed by atoms with Crippen LogP contribution in [-0.2, 0) is 10.0 Å². The van der Waals surface area contributed by atoms with E-state index in [-0.39, 0.29) is 5.91 Å². The second kappa shape index (κ2) is 8.23. The van der Waals surface area contributed by atoms with Crippen molar-refractivity contribution in [3.8, 4) is 5.75 Å². The highest BCUT2D eigenvalue weighted by atomic mass is 32.2. The lowest BCUT2D eigenvalue weighted by Crippen LogP contribution is -2.28. The summed E-state index contributed by atoms with van der Waals surface area (Å²) in [6, 6.07) is 12.3. The number of sulfonamides is 1. The smallest absolute Gasteiger partial charge is 0.251 e. The summed E-state index contributed by atoms with van der Waals surface area (Å²) in [5.74, 6) is 0.540. The zero-order valence-electron chi connectivity index (χ0n) is 15.4. The van der Waals surface area contributed by atoms with Crippen molar-refractivity contribution in [2.45, 2.75) is 13.8 Å². The molecular formula is C19H24N2O4S. The molecule has 0 unspecified atom stereocenters. The number of nitrogens with one attached hydrogen (secondary N) is 1. The van der Waals surface area contributed by atoms with E-state index in [0.29, 0.717) is 24.4 Å². The third-order valence-electron chi connectivity index (χ3n) is 4.13. The minimum absolute atomic E-state index is 0.234. The number of nitrogens with zero attached hydrogens (tertiary/aromatic N) is 1. The lowest BCUT2D eigenvalue weighted by atomic mass is 10.1. The molecule has 0 bridgehead atoms. The van der Waals surface area contributed by atoms with Gasteiger partial charge >= 0.3 is 0 Å². The second-order valence-corrected chi connectivity index (χ2v) is 8.14. The molecule has 2 aromatic carbocycles. The molecule has 6 nitrogen and oxygen atoms in total. The number of amides is 1. The van der Waals surface area contributed by atoms with Crippen molar-refractivity contribution in [3.63, 3.8) is 0 Å².